The molecule has 0 radical (unpaired) electrons. The van der Waals surface area contributed by atoms with E-state index in [1.54, 1.807) is 6.07 Å². The molecule has 1 aliphatic heterocycles. The Morgan fingerprint density at radius 2 is 2.19 bits per heavy atom. The lowest BCUT2D eigenvalue weighted by atomic mass is 10.1. The SMILES string of the molecule is CN1CCC(CNC(=O)Nc2cc(Br)cc(C(=O)O)c2)C1. The highest BCUT2D eigenvalue weighted by atomic mass is 79.9. The molecule has 0 bridgehead atoms. The minimum Gasteiger partial charge on any atom is -0.478 e. The molecule has 2 rings (SSSR count). The molecule has 114 valence electrons. The van der Waals surface area contributed by atoms with Gasteiger partial charge in [-0.2, -0.15) is 0 Å². The predicted molar refractivity (Wildman–Crippen MR) is 83.7 cm³/mol. The van der Waals surface area contributed by atoms with Crippen molar-refractivity contribution in [2.45, 2.75) is 6.42 Å². The number of nitrogens with zero attached hydrogens (tertiary/aromatic N) is 1. The Balaban J connectivity index is 1.89. The van der Waals surface area contributed by atoms with Crippen LogP contribution in [0.3, 0.4) is 0 Å². The fraction of sp³-hybridized carbons (Fsp3) is 0.429. The van der Waals surface area contributed by atoms with E-state index in [0.29, 0.717) is 22.6 Å². The zero-order chi connectivity index (χ0) is 15.4. The summed E-state index contributed by atoms with van der Waals surface area (Å²) in [5.41, 5.74) is 0.569. The molecule has 6 nitrogen and oxygen atoms in total. The Bertz CT molecular complexity index is 550. The van der Waals surface area contributed by atoms with Crippen LogP contribution in [0.5, 0.6) is 0 Å². The second kappa shape index (κ2) is 6.91. The Labute approximate surface area is 131 Å². The highest BCUT2D eigenvalue weighted by Gasteiger charge is 2.19. The number of hydrogen-bond acceptors (Lipinski definition) is 3. The number of urea groups is 1. The Hall–Kier alpha value is -1.60. The number of rotatable bonds is 4. The molecule has 1 fully saturated rings. The average molecular weight is 356 g/mol. The molecule has 1 saturated heterocycles. The lowest BCUT2D eigenvalue weighted by Gasteiger charge is -2.13. The van der Waals surface area contributed by atoms with E-state index in [4.69, 9.17) is 5.11 Å². The van der Waals surface area contributed by atoms with Gasteiger partial charge in [0.15, 0.2) is 0 Å². The van der Waals surface area contributed by atoms with Crippen LogP contribution < -0.4 is 10.6 Å². The van der Waals surface area contributed by atoms with Gasteiger partial charge < -0.3 is 20.6 Å². The van der Waals surface area contributed by atoms with E-state index >= 15 is 0 Å². The number of carboxylic acid groups (broad SMARTS) is 1. The molecule has 1 heterocycles. The first-order valence-electron chi connectivity index (χ1n) is 6.71. The number of anilines is 1. The van der Waals surface area contributed by atoms with Crippen LogP contribution in [0.4, 0.5) is 10.5 Å². The summed E-state index contributed by atoms with van der Waals surface area (Å²) in [6.07, 6.45) is 1.08. The molecular formula is C14H18BrN3O3. The quantitative estimate of drug-likeness (QED) is 0.773. The number of nitrogens with one attached hydrogen (secondary N) is 2. The summed E-state index contributed by atoms with van der Waals surface area (Å²) in [6, 6.07) is 4.25. The van der Waals surface area contributed by atoms with E-state index in [9.17, 15) is 9.59 Å². The van der Waals surface area contributed by atoms with Gasteiger partial charge in [0.1, 0.15) is 0 Å². The Kier molecular flexibility index (Phi) is 5.19. The molecule has 1 aromatic rings. The van der Waals surface area contributed by atoms with Crippen molar-refractivity contribution in [2.75, 3.05) is 32.0 Å². The van der Waals surface area contributed by atoms with E-state index in [-0.39, 0.29) is 11.6 Å². The third-order valence-corrected chi connectivity index (χ3v) is 3.90. The van der Waals surface area contributed by atoms with Crippen LogP contribution in [0.15, 0.2) is 22.7 Å². The molecule has 0 saturated carbocycles. The van der Waals surface area contributed by atoms with Crippen molar-refractivity contribution < 1.29 is 14.7 Å². The molecule has 1 atom stereocenters. The van der Waals surface area contributed by atoms with E-state index in [1.165, 1.54) is 12.1 Å². The summed E-state index contributed by atoms with van der Waals surface area (Å²) in [7, 11) is 2.06. The van der Waals surface area contributed by atoms with Crippen LogP contribution in [-0.2, 0) is 0 Å². The standard InChI is InChI=1S/C14H18BrN3O3/c1-18-3-2-9(8-18)7-16-14(21)17-12-5-10(13(19)20)4-11(15)6-12/h4-6,9H,2-3,7-8H2,1H3,(H,19,20)(H2,16,17,21). The first-order valence-corrected chi connectivity index (χ1v) is 7.50. The smallest absolute Gasteiger partial charge is 0.335 e. The number of halogens is 1. The van der Waals surface area contributed by atoms with Crippen molar-refractivity contribution in [1.29, 1.82) is 0 Å². The summed E-state index contributed by atoms with van der Waals surface area (Å²) in [4.78, 5) is 25.0. The first kappa shape index (κ1) is 15.8. The third kappa shape index (κ3) is 4.71. The van der Waals surface area contributed by atoms with Crippen molar-refractivity contribution in [3.63, 3.8) is 0 Å². The van der Waals surface area contributed by atoms with E-state index in [1.807, 2.05) is 0 Å². The van der Waals surface area contributed by atoms with Gasteiger partial charge in [-0.15, -0.1) is 0 Å². The lowest BCUT2D eigenvalue weighted by molar-refractivity contribution is 0.0697. The fourth-order valence-corrected chi connectivity index (χ4v) is 2.88. The van der Waals surface area contributed by atoms with E-state index < -0.39 is 5.97 Å². The van der Waals surface area contributed by atoms with Crippen molar-refractivity contribution in [1.82, 2.24) is 10.2 Å². The Morgan fingerprint density at radius 1 is 1.43 bits per heavy atom. The van der Waals surface area contributed by atoms with E-state index in [0.717, 1.165) is 19.5 Å². The van der Waals surface area contributed by atoms with Gasteiger partial charge >= 0.3 is 12.0 Å². The minimum atomic E-state index is -1.03. The van der Waals surface area contributed by atoms with Crippen molar-refractivity contribution in [3.8, 4) is 0 Å². The molecule has 21 heavy (non-hydrogen) atoms. The molecule has 1 aromatic carbocycles. The fourth-order valence-electron chi connectivity index (χ4n) is 2.39. The molecular weight excluding hydrogens is 338 g/mol. The van der Waals surface area contributed by atoms with Gasteiger partial charge in [0, 0.05) is 23.2 Å². The van der Waals surface area contributed by atoms with Gasteiger partial charge in [0.05, 0.1) is 5.56 Å². The van der Waals surface area contributed by atoms with E-state index in [2.05, 4.69) is 38.5 Å². The van der Waals surface area contributed by atoms with Crippen molar-refractivity contribution >= 4 is 33.6 Å². The number of likely N-dealkylation sites (tertiary alicyclic amines) is 1. The molecule has 0 spiro atoms. The van der Waals surface area contributed by atoms with Crippen molar-refractivity contribution in [2.24, 2.45) is 5.92 Å². The van der Waals surface area contributed by atoms with Gasteiger partial charge in [-0.1, -0.05) is 15.9 Å². The summed E-state index contributed by atoms with van der Waals surface area (Å²) in [6.45, 7) is 2.66. The topological polar surface area (TPSA) is 81.7 Å². The maximum Gasteiger partial charge on any atom is 0.335 e. The number of hydrogen-bond donors (Lipinski definition) is 3. The summed E-state index contributed by atoms with van der Waals surface area (Å²) < 4.78 is 0.607. The summed E-state index contributed by atoms with van der Waals surface area (Å²) in [5, 5.41) is 14.5. The maximum atomic E-state index is 11.8. The Morgan fingerprint density at radius 3 is 2.81 bits per heavy atom. The molecule has 1 aliphatic rings. The number of carboxylic acids is 1. The van der Waals surface area contributed by atoms with Crippen LogP contribution in [0, 0.1) is 5.92 Å². The monoisotopic (exact) mass is 355 g/mol. The molecule has 3 N–H and O–H groups in total. The van der Waals surface area contributed by atoms with Crippen LogP contribution in [0.1, 0.15) is 16.8 Å². The number of carbonyl (C=O) groups is 2. The number of benzene rings is 1. The van der Waals surface area contributed by atoms with Crippen LogP contribution in [-0.4, -0.2) is 48.7 Å². The van der Waals surface area contributed by atoms with Crippen LogP contribution in [0.2, 0.25) is 0 Å². The van der Waals surface area contributed by atoms with Gasteiger partial charge in [-0.05, 0) is 44.1 Å². The molecule has 1 unspecified atom stereocenters. The number of amides is 2. The first-order chi connectivity index (χ1) is 9.94. The number of carbonyl (C=O) groups excluding carboxylic acids is 1. The van der Waals surface area contributed by atoms with Crippen LogP contribution in [0.25, 0.3) is 0 Å². The largest absolute Gasteiger partial charge is 0.478 e. The molecule has 0 aliphatic carbocycles. The zero-order valence-electron chi connectivity index (χ0n) is 11.7. The predicted octanol–water partition coefficient (Wildman–Crippen LogP) is 2.22. The third-order valence-electron chi connectivity index (χ3n) is 3.44. The summed E-state index contributed by atoms with van der Waals surface area (Å²) >= 11 is 3.23. The molecule has 0 aromatic heterocycles. The molecule has 7 heteroatoms. The van der Waals surface area contributed by atoms with Gasteiger partial charge in [0.2, 0.25) is 0 Å². The van der Waals surface area contributed by atoms with Gasteiger partial charge in [-0.25, -0.2) is 9.59 Å². The van der Waals surface area contributed by atoms with Crippen LogP contribution >= 0.6 is 15.9 Å². The van der Waals surface area contributed by atoms with Gasteiger partial charge in [-0.3, -0.25) is 0 Å². The lowest BCUT2D eigenvalue weighted by Crippen LogP contribution is -2.33. The maximum absolute atomic E-state index is 11.8. The second-order valence-corrected chi connectivity index (χ2v) is 6.20. The van der Waals surface area contributed by atoms with Gasteiger partial charge in [0.25, 0.3) is 0 Å². The highest BCUT2D eigenvalue weighted by molar-refractivity contribution is 9.10. The number of aromatic carboxylic acids is 1. The molecule has 2 amide bonds. The minimum absolute atomic E-state index is 0.122. The second-order valence-electron chi connectivity index (χ2n) is 5.29. The summed E-state index contributed by atoms with van der Waals surface area (Å²) in [5.74, 6) is -0.563. The highest BCUT2D eigenvalue weighted by Crippen LogP contribution is 2.20. The average Bonchev–Trinajstić information content (AvgIpc) is 2.81. The van der Waals surface area contributed by atoms with Crippen molar-refractivity contribution in [3.05, 3.63) is 28.2 Å². The normalized spacial score (nSPS) is 18.5. The zero-order valence-corrected chi connectivity index (χ0v) is 13.3.